The summed E-state index contributed by atoms with van der Waals surface area (Å²) in [6.45, 7) is 8.66. The molecule has 0 unspecified atom stereocenters. The van der Waals surface area contributed by atoms with Crippen LogP contribution in [0, 0.1) is 16.7 Å². The average Bonchev–Trinajstić information content (AvgIpc) is 3.25. The van der Waals surface area contributed by atoms with Crippen LogP contribution in [0.15, 0.2) is 102 Å². The molecule has 0 aromatic heterocycles. The first-order valence-corrected chi connectivity index (χ1v) is 20.8. The van der Waals surface area contributed by atoms with E-state index in [1.807, 2.05) is 36.4 Å². The second-order valence-electron chi connectivity index (χ2n) is 17.4. The van der Waals surface area contributed by atoms with Crippen LogP contribution in [-0.4, -0.2) is 96.2 Å². The normalized spacial score (nSPS) is 30.6. The maximum absolute atomic E-state index is 15.9. The maximum Gasteiger partial charge on any atom is 0.509 e. The van der Waals surface area contributed by atoms with Crippen LogP contribution in [0.4, 0.5) is 4.79 Å². The fourth-order valence-electron chi connectivity index (χ4n) is 10.3. The van der Waals surface area contributed by atoms with Gasteiger partial charge in [0, 0.05) is 55.2 Å². The van der Waals surface area contributed by atoms with Crippen molar-refractivity contribution in [2.24, 2.45) is 16.7 Å². The van der Waals surface area contributed by atoms with Gasteiger partial charge in [-0.15, -0.1) is 0 Å². The third-order valence-electron chi connectivity index (χ3n) is 13.5. The van der Waals surface area contributed by atoms with Gasteiger partial charge in [0.05, 0.1) is 31.8 Å². The number of rotatable bonds is 11. The molecule has 1 saturated heterocycles. The van der Waals surface area contributed by atoms with Crippen molar-refractivity contribution < 1.29 is 67.0 Å². The highest BCUT2D eigenvalue weighted by Gasteiger charge is 2.78. The Morgan fingerprint density at radius 1 is 0.841 bits per heavy atom. The van der Waals surface area contributed by atoms with E-state index < -0.39 is 88.3 Å². The Hall–Kier alpha value is -5.96. The third-order valence-corrected chi connectivity index (χ3v) is 13.5. The maximum atomic E-state index is 15.9. The molecule has 4 aliphatic rings. The van der Waals surface area contributed by atoms with Crippen molar-refractivity contribution in [1.29, 1.82) is 0 Å². The molecule has 3 aromatic rings. The summed E-state index contributed by atoms with van der Waals surface area (Å²) in [5, 5.41) is 13.6. The van der Waals surface area contributed by atoms with E-state index in [-0.39, 0.29) is 37.4 Å². The summed E-state index contributed by atoms with van der Waals surface area (Å²) in [4.78, 5) is 81.9. The Morgan fingerprint density at radius 2 is 1.48 bits per heavy atom. The zero-order valence-electron chi connectivity index (χ0n) is 36.3. The minimum absolute atomic E-state index is 0.0897. The van der Waals surface area contributed by atoms with Crippen LogP contribution in [0.3, 0.4) is 0 Å². The summed E-state index contributed by atoms with van der Waals surface area (Å²) in [7, 11) is 1.08. The molecule has 0 amide bonds. The van der Waals surface area contributed by atoms with E-state index in [1.165, 1.54) is 32.9 Å². The predicted molar refractivity (Wildman–Crippen MR) is 225 cm³/mol. The number of aliphatic hydroxyl groups is 1. The summed E-state index contributed by atoms with van der Waals surface area (Å²) in [6.07, 6.45) is -5.58. The smallest absolute Gasteiger partial charge is 0.458 e. The lowest BCUT2D eigenvalue weighted by Gasteiger charge is -2.68. The van der Waals surface area contributed by atoms with E-state index in [1.54, 1.807) is 69.3 Å². The topological polar surface area (TPSA) is 187 Å². The van der Waals surface area contributed by atoms with Gasteiger partial charge < -0.3 is 38.3 Å². The number of Topliss-reactive ketones (excluding diaryl/α,β-unsaturated/α-hetero) is 1. The zero-order chi connectivity index (χ0) is 45.5. The molecule has 0 radical (unpaired) electrons. The number of esters is 3. The average molecular weight is 865 g/mol. The van der Waals surface area contributed by atoms with Crippen molar-refractivity contribution in [2.45, 2.75) is 103 Å². The summed E-state index contributed by atoms with van der Waals surface area (Å²) in [6, 6.07) is 24.6. The Kier molecular flexibility index (Phi) is 12.4. The van der Waals surface area contributed by atoms with Crippen LogP contribution < -0.4 is 0 Å². The van der Waals surface area contributed by atoms with Crippen LogP contribution in [-0.2, 0) is 58.9 Å². The summed E-state index contributed by atoms with van der Waals surface area (Å²) >= 11 is 0. The molecule has 14 nitrogen and oxygen atoms in total. The number of hydrogen-bond donors (Lipinski definition) is 1. The molecule has 9 atom stereocenters. The Bertz CT molecular complexity index is 2340. The molecule has 0 spiro atoms. The van der Waals surface area contributed by atoms with Crippen molar-refractivity contribution in [3.63, 3.8) is 0 Å². The summed E-state index contributed by atoms with van der Waals surface area (Å²) < 4.78 is 42.1. The second kappa shape index (κ2) is 17.3. The Balaban J connectivity index is 1.36. The van der Waals surface area contributed by atoms with Crippen molar-refractivity contribution in [2.75, 3.05) is 13.7 Å². The Labute approximate surface area is 365 Å². The van der Waals surface area contributed by atoms with Gasteiger partial charge in [-0.3, -0.25) is 19.2 Å². The van der Waals surface area contributed by atoms with Crippen molar-refractivity contribution in [3.05, 3.63) is 124 Å². The highest BCUT2D eigenvalue weighted by Crippen LogP contribution is 2.65. The number of hydrogen-bond acceptors (Lipinski definition) is 14. The fourth-order valence-corrected chi connectivity index (χ4v) is 10.3. The molecule has 3 aromatic carbocycles. The van der Waals surface area contributed by atoms with Gasteiger partial charge in [-0.05, 0) is 42.2 Å². The summed E-state index contributed by atoms with van der Waals surface area (Å²) in [5.41, 5.74) is -4.38. The molecule has 1 N–H and O–H groups in total. The molecule has 3 fully saturated rings. The van der Waals surface area contributed by atoms with Gasteiger partial charge in [-0.2, -0.15) is 0 Å². The van der Waals surface area contributed by atoms with E-state index in [0.29, 0.717) is 27.8 Å². The largest absolute Gasteiger partial charge is 0.509 e. The van der Waals surface area contributed by atoms with Crippen LogP contribution in [0.25, 0.3) is 6.08 Å². The van der Waals surface area contributed by atoms with Crippen LogP contribution >= 0.6 is 0 Å². The Morgan fingerprint density at radius 3 is 2.06 bits per heavy atom. The molecule has 14 heteroatoms. The van der Waals surface area contributed by atoms with Gasteiger partial charge in [0.15, 0.2) is 23.3 Å². The molecule has 2 saturated carbocycles. The zero-order valence-corrected chi connectivity index (χ0v) is 36.3. The first-order valence-electron chi connectivity index (χ1n) is 20.8. The van der Waals surface area contributed by atoms with E-state index in [9.17, 15) is 29.1 Å². The van der Waals surface area contributed by atoms with Crippen molar-refractivity contribution >= 4 is 41.7 Å². The van der Waals surface area contributed by atoms with Gasteiger partial charge in [-0.25, -0.2) is 9.59 Å². The number of methoxy groups -OCH3 is 1. The van der Waals surface area contributed by atoms with Gasteiger partial charge in [-0.1, -0.05) is 98.8 Å². The predicted octanol–water partition coefficient (Wildman–Crippen LogP) is 6.30. The lowest BCUT2D eigenvalue weighted by molar-refractivity contribution is -0.352. The molecule has 7 rings (SSSR count). The van der Waals surface area contributed by atoms with E-state index >= 15 is 4.79 Å². The van der Waals surface area contributed by atoms with Crippen molar-refractivity contribution in [1.82, 2.24) is 0 Å². The van der Waals surface area contributed by atoms with E-state index in [0.717, 1.165) is 7.11 Å². The number of ether oxygens (including phenoxy) is 7. The number of fused-ring (bicyclic) bond motifs is 5. The highest BCUT2D eigenvalue weighted by molar-refractivity contribution is 6.09. The molecule has 3 aliphatic carbocycles. The van der Waals surface area contributed by atoms with E-state index in [2.05, 4.69) is 0 Å². The monoisotopic (exact) mass is 864 g/mol. The number of ketones is 2. The SMILES string of the molecule is COC(=O)O[C@H]1C(=O)[C@]2(C)[C@@H](OC(=O)/C=C/c3ccc(C(=O)c4ccccc4)cc3)C[C@H]3OC[C@@]3(OC(C)=O)[C@H]2[C@H](OCc2ccccc2)[C@]2(O)C[C@H](OC(C)=O)C(C)=C1C2(C)C. The van der Waals surface area contributed by atoms with Crippen LogP contribution in [0.2, 0.25) is 0 Å². The molecule has 332 valence electrons. The van der Waals surface area contributed by atoms with Gasteiger partial charge >= 0.3 is 24.1 Å². The minimum atomic E-state index is -2.08. The van der Waals surface area contributed by atoms with Crippen LogP contribution in [0.1, 0.15) is 81.4 Å². The lowest BCUT2D eigenvalue weighted by atomic mass is 9.44. The molecule has 1 aliphatic heterocycles. The van der Waals surface area contributed by atoms with Crippen molar-refractivity contribution in [3.8, 4) is 0 Å². The molecular weight excluding hydrogens is 813 g/mol. The highest BCUT2D eigenvalue weighted by atomic mass is 16.7. The molecule has 2 bridgehead atoms. The third kappa shape index (κ3) is 8.00. The molecular formula is C49H52O14. The van der Waals surface area contributed by atoms with Gasteiger partial charge in [0.1, 0.15) is 23.9 Å². The lowest BCUT2D eigenvalue weighted by Crippen LogP contribution is -2.82. The number of carbonyl (C=O) groups excluding carboxylic acids is 6. The van der Waals surface area contributed by atoms with E-state index in [4.69, 9.17) is 33.2 Å². The number of benzene rings is 3. The minimum Gasteiger partial charge on any atom is -0.458 e. The summed E-state index contributed by atoms with van der Waals surface area (Å²) in [5.74, 6) is -4.50. The first-order chi connectivity index (χ1) is 29.9. The first kappa shape index (κ1) is 45.1. The van der Waals surface area contributed by atoms with Gasteiger partial charge in [0.25, 0.3) is 0 Å². The number of carbonyl (C=O) groups is 6. The van der Waals surface area contributed by atoms with Gasteiger partial charge in [0.2, 0.25) is 0 Å². The second-order valence-corrected chi connectivity index (χ2v) is 17.4. The molecule has 1 heterocycles. The fraction of sp³-hybridized carbons (Fsp3) is 0.429. The molecule has 63 heavy (non-hydrogen) atoms. The quantitative estimate of drug-likeness (QED) is 0.0744. The van der Waals surface area contributed by atoms with Crippen LogP contribution in [0.5, 0.6) is 0 Å². The standard InChI is InChI=1S/C49H52O14/c1-28-35(60-29(2)50)25-49(56)44(58-26-32-14-10-8-11-15-32)42-47(6,43(54)41(62-45(55)57-7)39(28)46(49,4)5)36(24-37-48(42,27-59-37)63-30(3)51)61-38(52)23-20-31-18-21-34(22-19-31)40(53)33-16-12-9-13-17-33/h8-23,35-37,41-42,44,56H,24-27H2,1-7H3/b23-20+/t35-,36-,37+,41+,42-,44-,47+,48-,49+/m0/s1.